The summed E-state index contributed by atoms with van der Waals surface area (Å²) in [7, 11) is 0. The quantitative estimate of drug-likeness (QED) is 0.679. The molecule has 0 bridgehead atoms. The number of benzene rings is 1. The Morgan fingerprint density at radius 2 is 1.91 bits per heavy atom. The van der Waals surface area contributed by atoms with E-state index in [0.29, 0.717) is 0 Å². The van der Waals surface area contributed by atoms with Crippen molar-refractivity contribution in [2.75, 3.05) is 0 Å². The fourth-order valence-electron chi connectivity index (χ4n) is 1.55. The molecule has 0 nitrogen and oxygen atoms in total. The van der Waals surface area contributed by atoms with Crippen LogP contribution in [0.3, 0.4) is 0 Å². The van der Waals surface area contributed by atoms with E-state index < -0.39 is 0 Å². The summed E-state index contributed by atoms with van der Waals surface area (Å²) in [6.45, 7) is 0. The van der Waals surface area contributed by atoms with Crippen LogP contribution in [0, 0.1) is 6.07 Å². The van der Waals surface area contributed by atoms with Crippen LogP contribution in [0.15, 0.2) is 15.0 Å². The van der Waals surface area contributed by atoms with Crippen molar-refractivity contribution in [2.24, 2.45) is 0 Å². The van der Waals surface area contributed by atoms with Crippen molar-refractivity contribution in [3.8, 4) is 0 Å². The maximum Gasteiger partial charge on any atom is 0.0289 e. The van der Waals surface area contributed by atoms with Crippen LogP contribution in [-0.4, -0.2) is 0 Å². The minimum Gasteiger partial charge on any atom is -0.0505 e. The number of hydrogen-bond acceptors (Lipinski definition) is 0. The predicted octanol–water partition coefficient (Wildman–Crippen LogP) is 3.50. The fourth-order valence-corrected chi connectivity index (χ4v) is 2.65. The maximum atomic E-state index is 3.53. The van der Waals surface area contributed by atoms with E-state index in [1.54, 1.807) is 0 Å². The van der Waals surface area contributed by atoms with Gasteiger partial charge in [0.05, 0.1) is 0 Å². The first-order valence-corrected chi connectivity index (χ1v) is 5.25. The lowest BCUT2D eigenvalue weighted by Gasteiger charge is -2.02. The highest BCUT2D eigenvalue weighted by Gasteiger charge is 2.15. The van der Waals surface area contributed by atoms with E-state index >= 15 is 0 Å². The first kappa shape index (κ1) is 7.81. The Morgan fingerprint density at radius 1 is 1.18 bits per heavy atom. The molecule has 2 heteroatoms. The Labute approximate surface area is 83.3 Å². The summed E-state index contributed by atoms with van der Waals surface area (Å²) in [5.41, 5.74) is 2.91. The zero-order valence-corrected chi connectivity index (χ0v) is 9.13. The Hall–Kier alpha value is 0.180. The standard InChI is InChI=1S/C9H7Br2/c10-8-4-5-9(11)7-3-1-2-6(7)8/h4H,1-3H2. The second-order valence-corrected chi connectivity index (χ2v) is 4.41. The van der Waals surface area contributed by atoms with Gasteiger partial charge in [-0.1, -0.05) is 15.9 Å². The minimum absolute atomic E-state index is 1.15. The highest BCUT2D eigenvalue weighted by Crippen LogP contribution is 2.33. The third-order valence-electron chi connectivity index (χ3n) is 2.10. The van der Waals surface area contributed by atoms with Crippen LogP contribution < -0.4 is 0 Å². The molecular formula is C9H7Br2. The topological polar surface area (TPSA) is 0 Å². The summed E-state index contributed by atoms with van der Waals surface area (Å²) in [5, 5.41) is 0. The van der Waals surface area contributed by atoms with Crippen LogP contribution >= 0.6 is 31.9 Å². The Balaban J connectivity index is 2.64. The molecule has 0 aromatic heterocycles. The van der Waals surface area contributed by atoms with Gasteiger partial charge in [-0.15, -0.1) is 0 Å². The number of fused-ring (bicyclic) bond motifs is 1. The summed E-state index contributed by atoms with van der Waals surface area (Å²) < 4.78 is 2.36. The van der Waals surface area contributed by atoms with Crippen molar-refractivity contribution >= 4 is 31.9 Å². The molecule has 1 aliphatic carbocycles. The minimum atomic E-state index is 1.15. The van der Waals surface area contributed by atoms with Gasteiger partial charge in [-0.3, -0.25) is 0 Å². The highest BCUT2D eigenvalue weighted by molar-refractivity contribution is 9.11. The van der Waals surface area contributed by atoms with E-state index in [-0.39, 0.29) is 0 Å². The zero-order chi connectivity index (χ0) is 7.84. The molecule has 0 N–H and O–H groups in total. The number of hydrogen-bond donors (Lipinski definition) is 0. The molecule has 57 valence electrons. The normalized spacial score (nSPS) is 15.1. The van der Waals surface area contributed by atoms with E-state index in [9.17, 15) is 0 Å². The Kier molecular flexibility index (Phi) is 2.06. The summed E-state index contributed by atoms with van der Waals surface area (Å²) >= 11 is 7.03. The van der Waals surface area contributed by atoms with Crippen LogP contribution in [0.25, 0.3) is 0 Å². The summed E-state index contributed by atoms with van der Waals surface area (Å²) in [4.78, 5) is 0. The monoisotopic (exact) mass is 273 g/mol. The second-order valence-electron chi connectivity index (χ2n) is 2.76. The average Bonchev–Trinajstić information content (AvgIpc) is 2.45. The average molecular weight is 275 g/mol. The highest BCUT2D eigenvalue weighted by atomic mass is 79.9. The van der Waals surface area contributed by atoms with Gasteiger partial charge in [0, 0.05) is 8.95 Å². The number of rotatable bonds is 0. The van der Waals surface area contributed by atoms with Crippen LogP contribution in [-0.2, 0) is 12.8 Å². The third kappa shape index (κ3) is 1.27. The third-order valence-corrected chi connectivity index (χ3v) is 3.51. The molecule has 2 rings (SSSR count). The molecule has 0 heterocycles. The van der Waals surface area contributed by atoms with Crippen LogP contribution in [0.4, 0.5) is 0 Å². The molecular weight excluding hydrogens is 268 g/mol. The van der Waals surface area contributed by atoms with Gasteiger partial charge in [-0.05, 0) is 58.5 Å². The lowest BCUT2D eigenvalue weighted by molar-refractivity contribution is 0.909. The van der Waals surface area contributed by atoms with Crippen molar-refractivity contribution in [3.05, 3.63) is 32.2 Å². The van der Waals surface area contributed by atoms with E-state index in [4.69, 9.17) is 0 Å². The fraction of sp³-hybridized carbons (Fsp3) is 0.333. The molecule has 0 unspecified atom stereocenters. The van der Waals surface area contributed by atoms with E-state index in [2.05, 4.69) is 37.9 Å². The molecule has 1 aromatic rings. The molecule has 0 saturated heterocycles. The van der Waals surface area contributed by atoms with Crippen LogP contribution in [0.2, 0.25) is 0 Å². The summed E-state index contributed by atoms with van der Waals surface area (Å²) in [5.74, 6) is 0. The maximum absolute atomic E-state index is 3.53. The lowest BCUT2D eigenvalue weighted by atomic mass is 10.1. The van der Waals surface area contributed by atoms with Crippen molar-refractivity contribution in [2.45, 2.75) is 19.3 Å². The van der Waals surface area contributed by atoms with E-state index in [1.165, 1.54) is 34.9 Å². The Morgan fingerprint density at radius 3 is 2.64 bits per heavy atom. The van der Waals surface area contributed by atoms with Gasteiger partial charge < -0.3 is 0 Å². The molecule has 0 saturated carbocycles. The van der Waals surface area contributed by atoms with Gasteiger partial charge in [0.15, 0.2) is 0 Å². The molecule has 0 spiro atoms. The lowest BCUT2D eigenvalue weighted by Crippen LogP contribution is -1.85. The van der Waals surface area contributed by atoms with Gasteiger partial charge >= 0.3 is 0 Å². The van der Waals surface area contributed by atoms with Crippen molar-refractivity contribution < 1.29 is 0 Å². The molecule has 1 radical (unpaired) electrons. The molecule has 0 amide bonds. The zero-order valence-electron chi connectivity index (χ0n) is 5.95. The SMILES string of the molecule is Brc1[c]cc(Br)c2c1CCC2. The summed E-state index contributed by atoms with van der Waals surface area (Å²) in [6.07, 6.45) is 3.69. The molecule has 1 aromatic carbocycles. The first-order chi connectivity index (χ1) is 5.29. The smallest absolute Gasteiger partial charge is 0.0289 e. The largest absolute Gasteiger partial charge is 0.0505 e. The number of halogens is 2. The van der Waals surface area contributed by atoms with Crippen molar-refractivity contribution in [1.29, 1.82) is 0 Å². The Bertz CT molecular complexity index is 263. The van der Waals surface area contributed by atoms with Gasteiger partial charge in [0.1, 0.15) is 0 Å². The molecule has 11 heavy (non-hydrogen) atoms. The van der Waals surface area contributed by atoms with Crippen molar-refractivity contribution in [1.82, 2.24) is 0 Å². The van der Waals surface area contributed by atoms with Crippen LogP contribution in [0.5, 0.6) is 0 Å². The van der Waals surface area contributed by atoms with E-state index in [0.717, 1.165) is 4.47 Å². The van der Waals surface area contributed by atoms with E-state index in [1.807, 2.05) is 6.07 Å². The van der Waals surface area contributed by atoms with Gasteiger partial charge in [-0.25, -0.2) is 0 Å². The predicted molar refractivity (Wildman–Crippen MR) is 52.7 cm³/mol. The summed E-state index contributed by atoms with van der Waals surface area (Å²) in [6, 6.07) is 5.16. The van der Waals surface area contributed by atoms with Gasteiger partial charge in [0.2, 0.25) is 0 Å². The van der Waals surface area contributed by atoms with Crippen molar-refractivity contribution in [3.63, 3.8) is 0 Å². The molecule has 0 fully saturated rings. The van der Waals surface area contributed by atoms with Crippen LogP contribution in [0.1, 0.15) is 17.5 Å². The van der Waals surface area contributed by atoms with Gasteiger partial charge in [-0.2, -0.15) is 0 Å². The molecule has 1 aliphatic rings. The first-order valence-electron chi connectivity index (χ1n) is 3.66. The second kappa shape index (κ2) is 2.91. The molecule has 0 atom stereocenters. The molecule has 0 aliphatic heterocycles. The van der Waals surface area contributed by atoms with Gasteiger partial charge in [0.25, 0.3) is 0 Å².